The molecular formula is C8H15N3OS. The van der Waals surface area contributed by atoms with Crippen molar-refractivity contribution in [3.8, 4) is 0 Å². The van der Waals surface area contributed by atoms with Gasteiger partial charge in [0.15, 0.2) is 5.13 Å². The van der Waals surface area contributed by atoms with Crippen LogP contribution in [0.4, 0.5) is 5.13 Å². The fourth-order valence-corrected chi connectivity index (χ4v) is 1.70. The first-order valence-corrected chi connectivity index (χ1v) is 5.24. The third-order valence-electron chi connectivity index (χ3n) is 1.56. The van der Waals surface area contributed by atoms with E-state index in [0.717, 1.165) is 30.2 Å². The number of hydrogen-bond acceptors (Lipinski definition) is 5. The number of nitrogens with one attached hydrogen (secondary N) is 1. The van der Waals surface area contributed by atoms with Crippen LogP contribution in [0.15, 0.2) is 5.38 Å². The van der Waals surface area contributed by atoms with Gasteiger partial charge in [-0.2, -0.15) is 0 Å². The average molecular weight is 201 g/mol. The minimum Gasteiger partial charge on any atom is -0.396 e. The van der Waals surface area contributed by atoms with Gasteiger partial charge < -0.3 is 16.2 Å². The van der Waals surface area contributed by atoms with E-state index in [-0.39, 0.29) is 6.61 Å². The lowest BCUT2D eigenvalue weighted by Crippen LogP contribution is -2.05. The van der Waals surface area contributed by atoms with Crippen molar-refractivity contribution >= 4 is 16.5 Å². The summed E-state index contributed by atoms with van der Waals surface area (Å²) in [6.07, 6.45) is 1.59. The van der Waals surface area contributed by atoms with Crippen molar-refractivity contribution in [1.82, 2.24) is 4.98 Å². The molecule has 1 aromatic rings. The van der Waals surface area contributed by atoms with Gasteiger partial charge in [-0.3, -0.25) is 0 Å². The summed E-state index contributed by atoms with van der Waals surface area (Å²) in [5.41, 5.74) is 6.44. The molecule has 5 heteroatoms. The molecule has 1 aromatic heterocycles. The zero-order valence-electron chi connectivity index (χ0n) is 7.49. The Balaban J connectivity index is 2.31. The van der Waals surface area contributed by atoms with Gasteiger partial charge in [-0.15, -0.1) is 11.3 Å². The van der Waals surface area contributed by atoms with Gasteiger partial charge in [0.05, 0.1) is 5.69 Å². The van der Waals surface area contributed by atoms with Crippen molar-refractivity contribution in [2.75, 3.05) is 25.0 Å². The second kappa shape index (κ2) is 5.90. The summed E-state index contributed by atoms with van der Waals surface area (Å²) >= 11 is 1.58. The van der Waals surface area contributed by atoms with Crippen LogP contribution in [0.5, 0.6) is 0 Å². The molecule has 0 saturated heterocycles. The third kappa shape index (κ3) is 3.71. The SMILES string of the molecule is NCCc1csc(NCCCO)n1. The van der Waals surface area contributed by atoms with Gasteiger partial charge in [0.2, 0.25) is 0 Å². The molecule has 0 fully saturated rings. The Labute approximate surface area is 81.8 Å². The van der Waals surface area contributed by atoms with Gasteiger partial charge in [-0.05, 0) is 13.0 Å². The van der Waals surface area contributed by atoms with E-state index in [2.05, 4.69) is 10.3 Å². The van der Waals surface area contributed by atoms with Gasteiger partial charge in [-0.25, -0.2) is 4.98 Å². The van der Waals surface area contributed by atoms with Crippen molar-refractivity contribution < 1.29 is 5.11 Å². The highest BCUT2D eigenvalue weighted by Crippen LogP contribution is 2.15. The van der Waals surface area contributed by atoms with E-state index in [1.165, 1.54) is 0 Å². The van der Waals surface area contributed by atoms with Crippen LogP contribution in [0.25, 0.3) is 0 Å². The smallest absolute Gasteiger partial charge is 0.182 e. The van der Waals surface area contributed by atoms with Crippen molar-refractivity contribution in [2.24, 2.45) is 5.73 Å². The standard InChI is InChI=1S/C8H15N3OS/c9-3-2-7-6-13-8(11-7)10-4-1-5-12/h6,12H,1-5,9H2,(H,10,11). The van der Waals surface area contributed by atoms with E-state index in [1.54, 1.807) is 11.3 Å². The summed E-state index contributed by atoms with van der Waals surface area (Å²) in [5, 5.41) is 14.6. The highest BCUT2D eigenvalue weighted by atomic mass is 32.1. The van der Waals surface area contributed by atoms with Crippen LogP contribution >= 0.6 is 11.3 Å². The van der Waals surface area contributed by atoms with Crippen molar-refractivity contribution in [1.29, 1.82) is 0 Å². The first kappa shape index (κ1) is 10.4. The monoisotopic (exact) mass is 201 g/mol. The van der Waals surface area contributed by atoms with Crippen LogP contribution in [0.2, 0.25) is 0 Å². The molecule has 1 rings (SSSR count). The van der Waals surface area contributed by atoms with Crippen LogP contribution in [-0.2, 0) is 6.42 Å². The van der Waals surface area contributed by atoms with Crippen LogP contribution in [0, 0.1) is 0 Å². The molecule has 0 aliphatic carbocycles. The van der Waals surface area contributed by atoms with Crippen molar-refractivity contribution in [3.05, 3.63) is 11.1 Å². The molecule has 4 N–H and O–H groups in total. The molecule has 4 nitrogen and oxygen atoms in total. The van der Waals surface area contributed by atoms with Crippen molar-refractivity contribution in [2.45, 2.75) is 12.8 Å². The Morgan fingerprint density at radius 2 is 2.46 bits per heavy atom. The zero-order valence-corrected chi connectivity index (χ0v) is 8.31. The fourth-order valence-electron chi connectivity index (χ4n) is 0.925. The number of nitrogens with two attached hydrogens (primary N) is 1. The van der Waals surface area contributed by atoms with Crippen molar-refractivity contribution in [3.63, 3.8) is 0 Å². The molecule has 0 aliphatic heterocycles. The normalized spacial score (nSPS) is 10.3. The molecule has 0 spiro atoms. The predicted octanol–water partition coefficient (Wildman–Crippen LogP) is 0.439. The largest absolute Gasteiger partial charge is 0.396 e. The van der Waals surface area contributed by atoms with Gasteiger partial charge in [0.25, 0.3) is 0 Å². The van der Waals surface area contributed by atoms with Gasteiger partial charge in [0, 0.05) is 25.0 Å². The Kier molecular flexibility index (Phi) is 4.74. The highest BCUT2D eigenvalue weighted by Gasteiger charge is 1.99. The Bertz CT molecular complexity index is 239. The number of hydrogen-bond donors (Lipinski definition) is 3. The summed E-state index contributed by atoms with van der Waals surface area (Å²) in [6, 6.07) is 0. The van der Waals surface area contributed by atoms with Crippen LogP contribution in [0.3, 0.4) is 0 Å². The summed E-state index contributed by atoms with van der Waals surface area (Å²) in [4.78, 5) is 4.32. The van der Waals surface area contributed by atoms with Crippen LogP contribution in [0.1, 0.15) is 12.1 Å². The molecule has 0 aromatic carbocycles. The number of thiazole rings is 1. The van der Waals surface area contributed by atoms with Gasteiger partial charge >= 0.3 is 0 Å². The highest BCUT2D eigenvalue weighted by molar-refractivity contribution is 7.13. The topological polar surface area (TPSA) is 71.2 Å². The quantitative estimate of drug-likeness (QED) is 0.584. The third-order valence-corrected chi connectivity index (χ3v) is 2.41. The molecule has 0 unspecified atom stereocenters. The van der Waals surface area contributed by atoms with E-state index in [4.69, 9.17) is 10.8 Å². The minimum atomic E-state index is 0.216. The van der Waals surface area contributed by atoms with E-state index in [0.29, 0.717) is 6.54 Å². The Hall–Kier alpha value is -0.650. The van der Waals surface area contributed by atoms with E-state index in [9.17, 15) is 0 Å². The summed E-state index contributed by atoms with van der Waals surface area (Å²) in [6.45, 7) is 1.62. The number of aliphatic hydroxyl groups is 1. The van der Waals surface area contributed by atoms with Crippen LogP contribution in [-0.4, -0.2) is 29.8 Å². The maximum absolute atomic E-state index is 8.56. The number of aromatic nitrogens is 1. The lowest BCUT2D eigenvalue weighted by atomic mass is 10.3. The molecule has 0 atom stereocenters. The lowest BCUT2D eigenvalue weighted by Gasteiger charge is -1.98. The van der Waals surface area contributed by atoms with Gasteiger partial charge in [-0.1, -0.05) is 0 Å². The number of anilines is 1. The van der Waals surface area contributed by atoms with E-state index < -0.39 is 0 Å². The summed E-state index contributed by atoms with van der Waals surface area (Å²) in [5.74, 6) is 0. The average Bonchev–Trinajstić information content (AvgIpc) is 2.54. The molecule has 0 saturated carbocycles. The van der Waals surface area contributed by atoms with Gasteiger partial charge in [0.1, 0.15) is 0 Å². The molecule has 13 heavy (non-hydrogen) atoms. The number of aliphatic hydroxyl groups excluding tert-OH is 1. The minimum absolute atomic E-state index is 0.216. The Morgan fingerprint density at radius 1 is 1.62 bits per heavy atom. The number of nitrogens with zero attached hydrogens (tertiary/aromatic N) is 1. The molecule has 0 amide bonds. The van der Waals surface area contributed by atoms with E-state index in [1.807, 2.05) is 5.38 Å². The second-order valence-corrected chi connectivity index (χ2v) is 3.54. The lowest BCUT2D eigenvalue weighted by molar-refractivity contribution is 0.292. The molecule has 74 valence electrons. The molecular weight excluding hydrogens is 186 g/mol. The molecule has 0 radical (unpaired) electrons. The predicted molar refractivity (Wildman–Crippen MR) is 55.1 cm³/mol. The van der Waals surface area contributed by atoms with Crippen LogP contribution < -0.4 is 11.1 Å². The fraction of sp³-hybridized carbons (Fsp3) is 0.625. The molecule has 0 bridgehead atoms. The Morgan fingerprint density at radius 3 is 3.15 bits per heavy atom. The summed E-state index contributed by atoms with van der Waals surface area (Å²) in [7, 11) is 0. The summed E-state index contributed by atoms with van der Waals surface area (Å²) < 4.78 is 0. The zero-order chi connectivity index (χ0) is 9.52. The maximum atomic E-state index is 8.56. The first-order chi connectivity index (χ1) is 6.36. The second-order valence-electron chi connectivity index (χ2n) is 2.69. The first-order valence-electron chi connectivity index (χ1n) is 4.36. The maximum Gasteiger partial charge on any atom is 0.182 e. The molecule has 0 aliphatic rings. The molecule has 1 heterocycles. The number of rotatable bonds is 6. The van der Waals surface area contributed by atoms with E-state index >= 15 is 0 Å².